The summed E-state index contributed by atoms with van der Waals surface area (Å²) in [4.78, 5) is -0.512. The van der Waals surface area contributed by atoms with E-state index in [1.165, 1.54) is 6.92 Å². The average Bonchev–Trinajstić information content (AvgIpc) is 2.15. The number of hydrogen-bond donors (Lipinski definition) is 1. The third-order valence-electron chi connectivity index (χ3n) is 2.06. The molecule has 0 bridgehead atoms. The molecule has 0 saturated carbocycles. The van der Waals surface area contributed by atoms with Crippen LogP contribution in [0.3, 0.4) is 0 Å². The zero-order valence-corrected chi connectivity index (χ0v) is 8.89. The third kappa shape index (κ3) is 2.32. The van der Waals surface area contributed by atoms with Crippen molar-refractivity contribution in [2.75, 3.05) is 6.54 Å². The molecule has 0 radical (unpaired) electrons. The molecule has 6 heteroatoms. The van der Waals surface area contributed by atoms with Crippen molar-refractivity contribution < 1.29 is 17.2 Å². The van der Waals surface area contributed by atoms with Crippen molar-refractivity contribution in [3.05, 3.63) is 29.8 Å². The van der Waals surface area contributed by atoms with Crippen molar-refractivity contribution in [3.8, 4) is 0 Å². The fourth-order valence-electron chi connectivity index (χ4n) is 1.05. The van der Waals surface area contributed by atoms with Crippen molar-refractivity contribution in [2.24, 2.45) is 5.73 Å². The molecule has 84 valence electrons. The van der Waals surface area contributed by atoms with E-state index in [1.54, 1.807) is 0 Å². The van der Waals surface area contributed by atoms with Crippen molar-refractivity contribution in [2.45, 2.75) is 17.1 Å². The lowest BCUT2D eigenvalue weighted by Gasteiger charge is -2.10. The van der Waals surface area contributed by atoms with Gasteiger partial charge < -0.3 is 5.73 Å². The van der Waals surface area contributed by atoms with E-state index in [-0.39, 0.29) is 6.54 Å². The summed E-state index contributed by atoms with van der Waals surface area (Å²) in [7, 11) is -3.80. The van der Waals surface area contributed by atoms with Gasteiger partial charge in [0.25, 0.3) is 0 Å². The van der Waals surface area contributed by atoms with E-state index < -0.39 is 31.6 Å². The number of sulfone groups is 1. The first-order valence-corrected chi connectivity index (χ1v) is 5.83. The third-order valence-corrected chi connectivity index (χ3v) is 4.26. The monoisotopic (exact) mass is 235 g/mol. The van der Waals surface area contributed by atoms with Gasteiger partial charge in [0.05, 0.1) is 5.25 Å². The maximum Gasteiger partial charge on any atom is 0.185 e. The van der Waals surface area contributed by atoms with Crippen LogP contribution in [-0.2, 0) is 9.84 Å². The van der Waals surface area contributed by atoms with Crippen molar-refractivity contribution in [1.29, 1.82) is 0 Å². The van der Waals surface area contributed by atoms with E-state index in [2.05, 4.69) is 0 Å². The molecule has 0 fully saturated rings. The normalized spacial score (nSPS) is 13.9. The van der Waals surface area contributed by atoms with Crippen molar-refractivity contribution >= 4 is 9.84 Å². The standard InChI is InChI=1S/C9H11F2NO2S/c1-6(5-12)15(13,14)9-3-2-7(10)4-8(9)11/h2-4,6H,5,12H2,1H3. The Balaban J connectivity index is 3.28. The highest BCUT2D eigenvalue weighted by Crippen LogP contribution is 2.19. The summed E-state index contributed by atoms with van der Waals surface area (Å²) >= 11 is 0. The van der Waals surface area contributed by atoms with Crippen molar-refractivity contribution in [3.63, 3.8) is 0 Å². The van der Waals surface area contributed by atoms with E-state index in [0.29, 0.717) is 6.07 Å². The molecule has 0 aliphatic heterocycles. The van der Waals surface area contributed by atoms with E-state index in [9.17, 15) is 17.2 Å². The van der Waals surface area contributed by atoms with Gasteiger partial charge in [-0.05, 0) is 19.1 Å². The first-order chi connectivity index (χ1) is 6.89. The highest BCUT2D eigenvalue weighted by Gasteiger charge is 2.25. The molecule has 1 aromatic carbocycles. The Morgan fingerprint density at radius 1 is 1.40 bits per heavy atom. The van der Waals surface area contributed by atoms with Gasteiger partial charge in [0.2, 0.25) is 0 Å². The fraction of sp³-hybridized carbons (Fsp3) is 0.333. The molecule has 1 rings (SSSR count). The Labute approximate surface area is 86.8 Å². The molecule has 0 amide bonds. The largest absolute Gasteiger partial charge is 0.329 e. The molecule has 3 nitrogen and oxygen atoms in total. The Hall–Kier alpha value is -1.01. The second-order valence-electron chi connectivity index (χ2n) is 3.17. The molecule has 0 aromatic heterocycles. The maximum absolute atomic E-state index is 13.2. The molecular weight excluding hydrogens is 224 g/mol. The molecule has 0 heterocycles. The summed E-state index contributed by atoms with van der Waals surface area (Å²) in [5.41, 5.74) is 5.20. The predicted octanol–water partition coefficient (Wildman–Crippen LogP) is 1.09. The summed E-state index contributed by atoms with van der Waals surface area (Å²) < 4.78 is 49.0. The van der Waals surface area contributed by atoms with Crippen molar-refractivity contribution in [1.82, 2.24) is 0 Å². The summed E-state index contributed by atoms with van der Waals surface area (Å²) in [5, 5.41) is -0.891. The first kappa shape index (κ1) is 12.1. The summed E-state index contributed by atoms with van der Waals surface area (Å²) in [6.07, 6.45) is 0. The van der Waals surface area contributed by atoms with Crippen LogP contribution in [0.25, 0.3) is 0 Å². The van der Waals surface area contributed by atoms with Crippen LogP contribution in [0.2, 0.25) is 0 Å². The average molecular weight is 235 g/mol. The Bertz CT molecular complexity index is 459. The van der Waals surface area contributed by atoms with Crippen LogP contribution >= 0.6 is 0 Å². The van der Waals surface area contributed by atoms with Gasteiger partial charge >= 0.3 is 0 Å². The summed E-state index contributed by atoms with van der Waals surface area (Å²) in [6.45, 7) is 1.26. The Morgan fingerprint density at radius 3 is 2.47 bits per heavy atom. The first-order valence-electron chi connectivity index (χ1n) is 4.28. The second kappa shape index (κ2) is 4.24. The van der Waals surface area contributed by atoms with Gasteiger partial charge in [-0.15, -0.1) is 0 Å². The topological polar surface area (TPSA) is 60.2 Å². The lowest BCUT2D eigenvalue weighted by atomic mass is 10.3. The summed E-state index contributed by atoms with van der Waals surface area (Å²) in [6, 6.07) is 2.35. The second-order valence-corrected chi connectivity index (χ2v) is 5.50. The Morgan fingerprint density at radius 2 is 2.00 bits per heavy atom. The predicted molar refractivity (Wildman–Crippen MR) is 52.1 cm³/mol. The minimum atomic E-state index is -3.80. The number of hydrogen-bond acceptors (Lipinski definition) is 3. The number of benzene rings is 1. The molecule has 15 heavy (non-hydrogen) atoms. The van der Waals surface area contributed by atoms with Gasteiger partial charge in [-0.1, -0.05) is 0 Å². The molecule has 1 unspecified atom stereocenters. The van der Waals surface area contributed by atoms with Gasteiger partial charge in [-0.2, -0.15) is 0 Å². The zero-order chi connectivity index (χ0) is 11.6. The molecule has 0 aliphatic carbocycles. The highest BCUT2D eigenvalue weighted by molar-refractivity contribution is 7.92. The lowest BCUT2D eigenvalue weighted by Crippen LogP contribution is -2.27. The zero-order valence-electron chi connectivity index (χ0n) is 8.07. The summed E-state index contributed by atoms with van der Waals surface area (Å²) in [5.74, 6) is -1.90. The quantitative estimate of drug-likeness (QED) is 0.798. The van der Waals surface area contributed by atoms with E-state index >= 15 is 0 Å². The molecule has 1 aromatic rings. The van der Waals surface area contributed by atoms with Crippen LogP contribution in [0.5, 0.6) is 0 Å². The van der Waals surface area contributed by atoms with Gasteiger partial charge in [0.15, 0.2) is 9.84 Å². The van der Waals surface area contributed by atoms with Crippen LogP contribution in [-0.4, -0.2) is 20.2 Å². The van der Waals surface area contributed by atoms with E-state index in [0.717, 1.165) is 12.1 Å². The molecule has 0 saturated heterocycles. The van der Waals surface area contributed by atoms with Crippen LogP contribution < -0.4 is 5.73 Å². The van der Waals surface area contributed by atoms with Crippen LogP contribution in [0.1, 0.15) is 6.92 Å². The SMILES string of the molecule is CC(CN)S(=O)(=O)c1ccc(F)cc1F. The van der Waals surface area contributed by atoms with Crippen LogP contribution in [0, 0.1) is 11.6 Å². The van der Waals surface area contributed by atoms with Gasteiger partial charge in [-0.3, -0.25) is 0 Å². The Kier molecular flexibility index (Phi) is 3.41. The van der Waals surface area contributed by atoms with E-state index in [1.807, 2.05) is 0 Å². The maximum atomic E-state index is 13.2. The van der Waals surface area contributed by atoms with Gasteiger partial charge in [0.1, 0.15) is 16.5 Å². The van der Waals surface area contributed by atoms with E-state index in [4.69, 9.17) is 5.73 Å². The number of rotatable bonds is 3. The number of nitrogens with two attached hydrogens (primary N) is 1. The smallest absolute Gasteiger partial charge is 0.185 e. The van der Waals surface area contributed by atoms with Gasteiger partial charge in [0, 0.05) is 12.6 Å². The lowest BCUT2D eigenvalue weighted by molar-refractivity contribution is 0.544. The molecule has 0 aliphatic rings. The fourth-order valence-corrected chi connectivity index (χ4v) is 2.32. The van der Waals surface area contributed by atoms with Crippen LogP contribution in [0.4, 0.5) is 8.78 Å². The van der Waals surface area contributed by atoms with Gasteiger partial charge in [-0.25, -0.2) is 17.2 Å². The molecule has 2 N–H and O–H groups in total. The molecule has 1 atom stereocenters. The number of halogens is 2. The minimum absolute atomic E-state index is 0.112. The minimum Gasteiger partial charge on any atom is -0.329 e. The highest BCUT2D eigenvalue weighted by atomic mass is 32.2. The molecular formula is C9H11F2NO2S. The molecule has 0 spiro atoms. The van der Waals surface area contributed by atoms with Crippen LogP contribution in [0.15, 0.2) is 23.1 Å².